The number of carbonyl (C=O) groups excluding carboxylic acids is 2. The number of nitrogens with zero attached hydrogens (tertiary/aromatic N) is 1. The zero-order chi connectivity index (χ0) is 17.6. The van der Waals surface area contributed by atoms with Crippen LogP contribution in [0.15, 0.2) is 65.1 Å². The third kappa shape index (κ3) is 4.37. The molecule has 1 fully saturated rings. The summed E-state index contributed by atoms with van der Waals surface area (Å²) in [6.45, 7) is 0.960. The molecule has 0 spiro atoms. The van der Waals surface area contributed by atoms with Gasteiger partial charge >= 0.3 is 0 Å². The number of amides is 2. The lowest BCUT2D eigenvalue weighted by molar-refractivity contribution is -0.128. The van der Waals surface area contributed by atoms with Crippen LogP contribution in [0.1, 0.15) is 23.6 Å². The van der Waals surface area contributed by atoms with Crippen molar-refractivity contribution in [2.75, 3.05) is 13.1 Å². The summed E-state index contributed by atoms with van der Waals surface area (Å²) in [7, 11) is 0. The molecule has 128 valence electrons. The van der Waals surface area contributed by atoms with Gasteiger partial charge in [-0.05, 0) is 23.3 Å². The summed E-state index contributed by atoms with van der Waals surface area (Å²) in [4.78, 5) is 26.6. The Labute approximate surface area is 155 Å². The minimum atomic E-state index is -0.250. The van der Waals surface area contributed by atoms with Crippen LogP contribution >= 0.6 is 15.9 Å². The first-order chi connectivity index (χ1) is 12.1. The molecule has 0 bridgehead atoms. The van der Waals surface area contributed by atoms with Gasteiger partial charge in [0.2, 0.25) is 11.8 Å². The first kappa shape index (κ1) is 17.4. The summed E-state index contributed by atoms with van der Waals surface area (Å²) in [5.41, 5.74) is 1.92. The number of carbonyl (C=O) groups is 2. The number of hydrogen-bond acceptors (Lipinski definition) is 2. The first-order valence-electron chi connectivity index (χ1n) is 8.20. The molecule has 2 aromatic carbocycles. The summed E-state index contributed by atoms with van der Waals surface area (Å²) in [5.74, 6) is -0.125. The molecule has 25 heavy (non-hydrogen) atoms. The predicted octanol–water partition coefficient (Wildman–Crippen LogP) is 3.55. The Morgan fingerprint density at radius 3 is 2.60 bits per heavy atom. The van der Waals surface area contributed by atoms with E-state index in [4.69, 9.17) is 0 Å². The van der Waals surface area contributed by atoms with Crippen LogP contribution < -0.4 is 5.32 Å². The second kappa shape index (κ2) is 8.12. The molecule has 1 N–H and O–H groups in total. The fourth-order valence-corrected chi connectivity index (χ4v) is 3.35. The molecule has 3 rings (SSSR count). The van der Waals surface area contributed by atoms with Crippen LogP contribution in [-0.4, -0.2) is 29.8 Å². The van der Waals surface area contributed by atoms with Crippen molar-refractivity contribution in [3.05, 3.63) is 76.3 Å². The van der Waals surface area contributed by atoms with Gasteiger partial charge in [-0.2, -0.15) is 0 Å². The van der Waals surface area contributed by atoms with Crippen LogP contribution in [0.4, 0.5) is 0 Å². The van der Waals surface area contributed by atoms with Crippen molar-refractivity contribution in [1.29, 1.82) is 0 Å². The number of hydrogen-bond donors (Lipinski definition) is 1. The topological polar surface area (TPSA) is 49.4 Å². The molecule has 0 radical (unpaired) electrons. The van der Waals surface area contributed by atoms with Gasteiger partial charge in [-0.1, -0.05) is 64.5 Å². The predicted molar refractivity (Wildman–Crippen MR) is 102 cm³/mol. The van der Waals surface area contributed by atoms with Crippen LogP contribution in [0, 0.1) is 0 Å². The van der Waals surface area contributed by atoms with E-state index in [2.05, 4.69) is 21.2 Å². The van der Waals surface area contributed by atoms with Gasteiger partial charge < -0.3 is 10.2 Å². The molecule has 0 saturated carbocycles. The van der Waals surface area contributed by atoms with Crippen molar-refractivity contribution in [1.82, 2.24) is 10.2 Å². The maximum Gasteiger partial charge on any atom is 0.247 e. The van der Waals surface area contributed by atoms with Crippen LogP contribution in [0.2, 0.25) is 0 Å². The number of benzene rings is 2. The molecule has 1 heterocycles. The Balaban J connectivity index is 1.85. The highest BCUT2D eigenvalue weighted by molar-refractivity contribution is 9.10. The van der Waals surface area contributed by atoms with Crippen LogP contribution in [0.5, 0.6) is 0 Å². The standard InChI is InChI=1S/C20H19BrN2O2/c21-17-9-5-4-6-15(17)10-11-20(25)23-13-12-22-19(24)14-18(23)16-7-2-1-3-8-16/h1-11,18H,12-14H2,(H,22,24). The number of nitrogens with one attached hydrogen (secondary N) is 1. The summed E-state index contributed by atoms with van der Waals surface area (Å²) < 4.78 is 0.936. The highest BCUT2D eigenvalue weighted by Crippen LogP contribution is 2.26. The van der Waals surface area contributed by atoms with Gasteiger partial charge in [-0.15, -0.1) is 0 Å². The van der Waals surface area contributed by atoms with Gasteiger partial charge in [0.05, 0.1) is 12.5 Å². The molecule has 4 nitrogen and oxygen atoms in total. The van der Waals surface area contributed by atoms with E-state index in [1.807, 2.05) is 54.6 Å². The summed E-state index contributed by atoms with van der Waals surface area (Å²) in [6.07, 6.45) is 3.65. The Hall–Kier alpha value is -2.40. The van der Waals surface area contributed by atoms with E-state index in [0.717, 1.165) is 15.6 Å². The van der Waals surface area contributed by atoms with Gasteiger partial charge in [0, 0.05) is 23.6 Å². The molecular formula is C20H19BrN2O2. The Bertz CT molecular complexity index is 789. The third-order valence-electron chi connectivity index (χ3n) is 4.21. The summed E-state index contributed by atoms with van der Waals surface area (Å²) in [6, 6.07) is 17.2. The number of halogens is 1. The van der Waals surface area contributed by atoms with E-state index in [-0.39, 0.29) is 24.3 Å². The van der Waals surface area contributed by atoms with Crippen LogP contribution in [-0.2, 0) is 9.59 Å². The molecule has 2 amide bonds. The molecule has 2 aromatic rings. The zero-order valence-electron chi connectivity index (χ0n) is 13.7. The largest absolute Gasteiger partial charge is 0.354 e. The average Bonchev–Trinajstić information content (AvgIpc) is 2.83. The highest BCUT2D eigenvalue weighted by atomic mass is 79.9. The van der Waals surface area contributed by atoms with Gasteiger partial charge in [-0.25, -0.2) is 0 Å². The average molecular weight is 399 g/mol. The molecule has 0 aromatic heterocycles. The van der Waals surface area contributed by atoms with Crippen molar-refractivity contribution < 1.29 is 9.59 Å². The van der Waals surface area contributed by atoms with Gasteiger partial charge in [-0.3, -0.25) is 9.59 Å². The van der Waals surface area contributed by atoms with Crippen molar-refractivity contribution in [2.24, 2.45) is 0 Å². The molecule has 1 saturated heterocycles. The fourth-order valence-electron chi connectivity index (χ4n) is 2.93. The van der Waals surface area contributed by atoms with Crippen molar-refractivity contribution >= 4 is 33.8 Å². The molecule has 1 aliphatic rings. The molecule has 1 atom stereocenters. The lowest BCUT2D eigenvalue weighted by Gasteiger charge is -2.28. The van der Waals surface area contributed by atoms with Gasteiger partial charge in [0.1, 0.15) is 0 Å². The maximum absolute atomic E-state index is 12.8. The molecule has 1 unspecified atom stereocenters. The Morgan fingerprint density at radius 1 is 1.12 bits per heavy atom. The minimum absolute atomic E-state index is 0.0288. The van der Waals surface area contributed by atoms with Gasteiger partial charge in [0.25, 0.3) is 0 Å². The lowest BCUT2D eigenvalue weighted by atomic mass is 10.0. The smallest absolute Gasteiger partial charge is 0.247 e. The SMILES string of the molecule is O=C1CC(c2ccccc2)N(C(=O)C=Cc2ccccc2Br)CCN1. The van der Waals surface area contributed by atoms with Crippen molar-refractivity contribution in [3.63, 3.8) is 0 Å². The third-order valence-corrected chi connectivity index (χ3v) is 4.93. The lowest BCUT2D eigenvalue weighted by Crippen LogP contribution is -2.35. The molecule has 5 heteroatoms. The van der Waals surface area contributed by atoms with Crippen LogP contribution in [0.25, 0.3) is 6.08 Å². The quantitative estimate of drug-likeness (QED) is 0.803. The van der Waals surface area contributed by atoms with E-state index < -0.39 is 0 Å². The van der Waals surface area contributed by atoms with Crippen LogP contribution in [0.3, 0.4) is 0 Å². The van der Waals surface area contributed by atoms with Crippen molar-refractivity contribution in [3.8, 4) is 0 Å². The van der Waals surface area contributed by atoms with E-state index in [9.17, 15) is 9.59 Å². The fraction of sp³-hybridized carbons (Fsp3) is 0.200. The monoisotopic (exact) mass is 398 g/mol. The van der Waals surface area contributed by atoms with E-state index in [0.29, 0.717) is 13.1 Å². The van der Waals surface area contributed by atoms with Gasteiger partial charge in [0.15, 0.2) is 0 Å². The summed E-state index contributed by atoms with van der Waals surface area (Å²) >= 11 is 3.48. The normalized spacial score (nSPS) is 18.0. The summed E-state index contributed by atoms with van der Waals surface area (Å²) in [5, 5.41) is 2.85. The second-order valence-corrected chi connectivity index (χ2v) is 6.72. The molecule has 0 aliphatic carbocycles. The Kier molecular flexibility index (Phi) is 5.66. The minimum Gasteiger partial charge on any atom is -0.354 e. The second-order valence-electron chi connectivity index (χ2n) is 5.87. The maximum atomic E-state index is 12.8. The Morgan fingerprint density at radius 2 is 1.84 bits per heavy atom. The van der Waals surface area contributed by atoms with E-state index in [1.165, 1.54) is 0 Å². The zero-order valence-corrected chi connectivity index (χ0v) is 15.3. The van der Waals surface area contributed by atoms with Crippen molar-refractivity contribution in [2.45, 2.75) is 12.5 Å². The van der Waals surface area contributed by atoms with E-state index in [1.54, 1.807) is 17.1 Å². The molecular weight excluding hydrogens is 380 g/mol. The molecule has 1 aliphatic heterocycles. The number of rotatable bonds is 3. The highest BCUT2D eigenvalue weighted by Gasteiger charge is 2.28. The first-order valence-corrected chi connectivity index (χ1v) is 8.99. The van der Waals surface area contributed by atoms with E-state index >= 15 is 0 Å².